The number of carbonyl (C=O) groups is 1. The molecule has 0 aliphatic carbocycles. The fourth-order valence-corrected chi connectivity index (χ4v) is 1.52. The van der Waals surface area contributed by atoms with Crippen molar-refractivity contribution in [2.45, 2.75) is 12.5 Å². The Bertz CT molecular complexity index is 390. The van der Waals surface area contributed by atoms with E-state index in [1.165, 1.54) is 0 Å². The summed E-state index contributed by atoms with van der Waals surface area (Å²) in [6.45, 7) is 0.947. The Labute approximate surface area is 98.9 Å². The van der Waals surface area contributed by atoms with Crippen molar-refractivity contribution < 1.29 is 24.1 Å². The molecule has 0 radical (unpaired) electrons. The zero-order valence-corrected chi connectivity index (χ0v) is 9.30. The molecule has 0 fully saturated rings. The second-order valence-electron chi connectivity index (χ2n) is 3.72. The molecule has 0 aromatic heterocycles. The molecule has 1 aliphatic rings. The van der Waals surface area contributed by atoms with Crippen LogP contribution in [0.5, 0.6) is 11.5 Å². The Balaban J connectivity index is 1.76. The minimum absolute atomic E-state index is 0.00413. The molecule has 0 spiro atoms. The zero-order chi connectivity index (χ0) is 12.1. The van der Waals surface area contributed by atoms with Gasteiger partial charge in [-0.05, 0) is 12.1 Å². The Morgan fingerprint density at radius 2 is 2.18 bits per heavy atom. The van der Waals surface area contributed by atoms with Gasteiger partial charge in [-0.25, -0.2) is 0 Å². The Kier molecular flexibility index (Phi) is 3.82. The lowest BCUT2D eigenvalue weighted by Crippen LogP contribution is -2.33. The predicted molar refractivity (Wildman–Crippen MR) is 59.4 cm³/mol. The summed E-state index contributed by atoms with van der Waals surface area (Å²) in [7, 11) is 0. The van der Waals surface area contributed by atoms with Gasteiger partial charge < -0.3 is 19.3 Å². The number of benzene rings is 1. The van der Waals surface area contributed by atoms with Gasteiger partial charge in [0.15, 0.2) is 17.6 Å². The van der Waals surface area contributed by atoms with Crippen LogP contribution in [0, 0.1) is 0 Å². The summed E-state index contributed by atoms with van der Waals surface area (Å²) < 4.78 is 16.3. The van der Waals surface area contributed by atoms with Gasteiger partial charge in [-0.2, -0.15) is 0 Å². The third kappa shape index (κ3) is 3.35. The van der Waals surface area contributed by atoms with Crippen molar-refractivity contribution in [1.82, 2.24) is 0 Å². The molecule has 17 heavy (non-hydrogen) atoms. The van der Waals surface area contributed by atoms with Crippen LogP contribution in [-0.4, -0.2) is 37.0 Å². The maximum Gasteiger partial charge on any atom is 0.305 e. The Morgan fingerprint density at radius 3 is 2.94 bits per heavy atom. The molecule has 92 valence electrons. The number of aliphatic carboxylic acids is 1. The van der Waals surface area contributed by atoms with Gasteiger partial charge in [0.05, 0.1) is 19.6 Å². The lowest BCUT2D eigenvalue weighted by Gasteiger charge is -2.26. The minimum Gasteiger partial charge on any atom is -0.486 e. The van der Waals surface area contributed by atoms with Crippen molar-refractivity contribution in [2.75, 3.05) is 19.8 Å². The Hall–Kier alpha value is -1.75. The highest BCUT2D eigenvalue weighted by Gasteiger charge is 2.20. The molecule has 1 N–H and O–H groups in total. The maximum atomic E-state index is 10.3. The number of fused-ring (bicyclic) bond motifs is 1. The number of para-hydroxylation sites is 2. The molecule has 5 heteroatoms. The number of hydrogen-bond donors (Lipinski definition) is 1. The maximum absolute atomic E-state index is 10.3. The number of carboxylic acid groups (broad SMARTS) is 1. The SMILES string of the molecule is O=C(O)CCOCC1COc2ccccc2O1. The fraction of sp³-hybridized carbons (Fsp3) is 0.417. The van der Waals surface area contributed by atoms with Gasteiger partial charge in [-0.3, -0.25) is 4.79 Å². The largest absolute Gasteiger partial charge is 0.486 e. The number of ether oxygens (including phenoxy) is 3. The summed E-state index contributed by atoms with van der Waals surface area (Å²) in [5.41, 5.74) is 0. The highest BCUT2D eigenvalue weighted by molar-refractivity contribution is 5.66. The highest BCUT2D eigenvalue weighted by atomic mass is 16.6. The first-order valence-corrected chi connectivity index (χ1v) is 5.44. The van der Waals surface area contributed by atoms with Crippen LogP contribution in [0.1, 0.15) is 6.42 Å². The van der Waals surface area contributed by atoms with Crippen molar-refractivity contribution in [3.8, 4) is 11.5 Å². The van der Waals surface area contributed by atoms with E-state index in [2.05, 4.69) is 0 Å². The van der Waals surface area contributed by atoms with Crippen molar-refractivity contribution >= 4 is 5.97 Å². The molecule has 0 bridgehead atoms. The van der Waals surface area contributed by atoms with Crippen LogP contribution in [0.25, 0.3) is 0 Å². The van der Waals surface area contributed by atoms with Gasteiger partial charge >= 0.3 is 5.97 Å². The van der Waals surface area contributed by atoms with Crippen LogP contribution in [-0.2, 0) is 9.53 Å². The summed E-state index contributed by atoms with van der Waals surface area (Å²) in [6, 6.07) is 7.43. The van der Waals surface area contributed by atoms with Crippen LogP contribution in [0.2, 0.25) is 0 Å². The molecule has 2 rings (SSSR count). The first-order chi connectivity index (χ1) is 8.25. The van der Waals surface area contributed by atoms with Crippen LogP contribution in [0.4, 0.5) is 0 Å². The summed E-state index contributed by atoms with van der Waals surface area (Å²) in [6.07, 6.45) is -0.178. The third-order valence-corrected chi connectivity index (χ3v) is 2.33. The first kappa shape index (κ1) is 11.7. The molecule has 1 heterocycles. The van der Waals surface area contributed by atoms with E-state index in [9.17, 15) is 4.79 Å². The zero-order valence-electron chi connectivity index (χ0n) is 9.30. The molecule has 1 atom stereocenters. The van der Waals surface area contributed by atoms with E-state index in [0.717, 1.165) is 5.75 Å². The summed E-state index contributed by atoms with van der Waals surface area (Å²) >= 11 is 0. The average Bonchev–Trinajstić information content (AvgIpc) is 2.34. The lowest BCUT2D eigenvalue weighted by atomic mass is 10.3. The second kappa shape index (κ2) is 5.54. The van der Waals surface area contributed by atoms with Crippen LogP contribution >= 0.6 is 0 Å². The first-order valence-electron chi connectivity index (χ1n) is 5.44. The molecular weight excluding hydrogens is 224 g/mol. The molecule has 0 saturated heterocycles. The van der Waals surface area contributed by atoms with Crippen LogP contribution in [0.3, 0.4) is 0 Å². The molecule has 0 amide bonds. The van der Waals surface area contributed by atoms with Gasteiger partial charge in [0.25, 0.3) is 0 Å². The number of hydrogen-bond acceptors (Lipinski definition) is 4. The van der Waals surface area contributed by atoms with E-state index < -0.39 is 5.97 Å². The van der Waals surface area contributed by atoms with Gasteiger partial charge in [-0.15, -0.1) is 0 Å². The normalized spacial score (nSPS) is 17.8. The van der Waals surface area contributed by atoms with Gasteiger partial charge in [0.2, 0.25) is 0 Å². The standard InChI is InChI=1S/C12H14O5/c13-12(14)5-6-15-7-9-8-16-10-3-1-2-4-11(10)17-9/h1-4,9H,5-8H2,(H,13,14). The monoisotopic (exact) mass is 238 g/mol. The van der Waals surface area contributed by atoms with Crippen LogP contribution < -0.4 is 9.47 Å². The van der Waals surface area contributed by atoms with E-state index in [0.29, 0.717) is 19.0 Å². The molecule has 1 aromatic carbocycles. The third-order valence-electron chi connectivity index (χ3n) is 2.33. The lowest BCUT2D eigenvalue weighted by molar-refractivity contribution is -0.138. The molecule has 5 nitrogen and oxygen atoms in total. The topological polar surface area (TPSA) is 65.0 Å². The van der Waals surface area contributed by atoms with Crippen molar-refractivity contribution in [3.63, 3.8) is 0 Å². The smallest absolute Gasteiger partial charge is 0.305 e. The summed E-state index contributed by atoms with van der Waals surface area (Å²) in [5.74, 6) is 0.566. The minimum atomic E-state index is -0.865. The Morgan fingerprint density at radius 1 is 1.41 bits per heavy atom. The fourth-order valence-electron chi connectivity index (χ4n) is 1.52. The second-order valence-corrected chi connectivity index (χ2v) is 3.72. The van der Waals surface area contributed by atoms with Crippen molar-refractivity contribution in [1.29, 1.82) is 0 Å². The average molecular weight is 238 g/mol. The predicted octanol–water partition coefficient (Wildman–Crippen LogP) is 1.32. The van der Waals surface area contributed by atoms with E-state index in [-0.39, 0.29) is 19.1 Å². The number of rotatable bonds is 5. The van der Waals surface area contributed by atoms with E-state index in [4.69, 9.17) is 19.3 Å². The highest BCUT2D eigenvalue weighted by Crippen LogP contribution is 2.30. The molecular formula is C12H14O5. The van der Waals surface area contributed by atoms with Crippen molar-refractivity contribution in [2.24, 2.45) is 0 Å². The molecule has 1 aliphatic heterocycles. The van der Waals surface area contributed by atoms with Gasteiger partial charge in [0.1, 0.15) is 6.61 Å². The quantitative estimate of drug-likeness (QED) is 0.784. The van der Waals surface area contributed by atoms with E-state index >= 15 is 0 Å². The van der Waals surface area contributed by atoms with Crippen molar-refractivity contribution in [3.05, 3.63) is 24.3 Å². The van der Waals surface area contributed by atoms with Gasteiger partial charge in [0, 0.05) is 0 Å². The molecule has 0 saturated carbocycles. The van der Waals surface area contributed by atoms with E-state index in [1.54, 1.807) is 0 Å². The van der Waals surface area contributed by atoms with E-state index in [1.807, 2.05) is 24.3 Å². The van der Waals surface area contributed by atoms with Crippen LogP contribution in [0.15, 0.2) is 24.3 Å². The molecule has 1 aromatic rings. The summed E-state index contributed by atoms with van der Waals surface area (Å²) in [5, 5.41) is 8.44. The van der Waals surface area contributed by atoms with Gasteiger partial charge in [-0.1, -0.05) is 12.1 Å². The number of carboxylic acids is 1. The molecule has 1 unspecified atom stereocenters. The summed E-state index contributed by atoms with van der Waals surface area (Å²) in [4.78, 5) is 10.3.